The Hall–Kier alpha value is -3.25. The molecule has 0 saturated carbocycles. The van der Waals surface area contributed by atoms with Crippen LogP contribution in [0.5, 0.6) is 0 Å². The van der Waals surface area contributed by atoms with Gasteiger partial charge in [0.2, 0.25) is 0 Å². The van der Waals surface area contributed by atoms with Crippen LogP contribution >= 0.6 is 0 Å². The van der Waals surface area contributed by atoms with Gasteiger partial charge in [-0.25, -0.2) is 13.4 Å². The molecule has 2 aliphatic rings. The SMILES string of the molecule is Cc1cc(C#N)cnc1C(=O)Nc1ccc2c(c1)[C@]1(CCC2)CS(=O)(=O)C(C)(C)C(=N)N1. The molecule has 1 atom stereocenters. The second-order valence-corrected chi connectivity index (χ2v) is 11.6. The van der Waals surface area contributed by atoms with Crippen LogP contribution in [0.25, 0.3) is 0 Å². The molecule has 32 heavy (non-hydrogen) atoms. The van der Waals surface area contributed by atoms with Gasteiger partial charge in [0.25, 0.3) is 5.91 Å². The summed E-state index contributed by atoms with van der Waals surface area (Å²) in [4.78, 5) is 16.9. The lowest BCUT2D eigenvalue weighted by Gasteiger charge is -2.47. The van der Waals surface area contributed by atoms with Crippen LogP contribution in [0.4, 0.5) is 5.69 Å². The van der Waals surface area contributed by atoms with Crippen molar-refractivity contribution in [2.75, 3.05) is 11.1 Å². The molecular weight excluding hydrogens is 426 g/mol. The molecule has 4 rings (SSSR count). The summed E-state index contributed by atoms with van der Waals surface area (Å²) >= 11 is 0. The second kappa shape index (κ2) is 7.41. The first-order valence-corrected chi connectivity index (χ1v) is 12.1. The van der Waals surface area contributed by atoms with Gasteiger partial charge in [-0.3, -0.25) is 10.2 Å². The van der Waals surface area contributed by atoms with Crippen molar-refractivity contribution < 1.29 is 13.2 Å². The summed E-state index contributed by atoms with van der Waals surface area (Å²) in [7, 11) is -3.56. The molecule has 8 nitrogen and oxygen atoms in total. The maximum Gasteiger partial charge on any atom is 0.274 e. The normalized spacial score (nSPS) is 23.0. The Kier molecular flexibility index (Phi) is 5.09. The third-order valence-electron chi connectivity index (χ3n) is 6.54. The third-order valence-corrected chi connectivity index (χ3v) is 9.17. The molecule has 1 aromatic heterocycles. The fourth-order valence-corrected chi connectivity index (χ4v) is 6.21. The molecule has 1 saturated heterocycles. The van der Waals surface area contributed by atoms with Gasteiger partial charge < -0.3 is 10.6 Å². The van der Waals surface area contributed by atoms with Gasteiger partial charge in [0.15, 0.2) is 9.84 Å². The summed E-state index contributed by atoms with van der Waals surface area (Å²) in [5.74, 6) is -0.519. The van der Waals surface area contributed by atoms with Crippen LogP contribution in [-0.4, -0.2) is 35.6 Å². The average molecular weight is 452 g/mol. The number of nitrogens with one attached hydrogen (secondary N) is 3. The van der Waals surface area contributed by atoms with Crippen molar-refractivity contribution in [3.05, 3.63) is 58.4 Å². The maximum absolute atomic E-state index is 13.1. The number of carbonyl (C=O) groups excluding carboxylic acids is 1. The van der Waals surface area contributed by atoms with E-state index in [1.54, 1.807) is 39.0 Å². The quantitative estimate of drug-likeness (QED) is 0.642. The molecular formula is C23H25N5O3S. The van der Waals surface area contributed by atoms with Gasteiger partial charge >= 0.3 is 0 Å². The number of hydrogen-bond acceptors (Lipinski definition) is 6. The molecule has 1 aromatic carbocycles. The summed E-state index contributed by atoms with van der Waals surface area (Å²) in [5.41, 5.74) is 2.64. The van der Waals surface area contributed by atoms with Gasteiger partial charge in [-0.15, -0.1) is 0 Å². The Morgan fingerprint density at radius 3 is 2.72 bits per heavy atom. The average Bonchev–Trinajstić information content (AvgIpc) is 2.72. The molecule has 1 aliphatic carbocycles. The van der Waals surface area contributed by atoms with E-state index in [-0.39, 0.29) is 17.3 Å². The molecule has 1 amide bonds. The Bertz CT molecular complexity index is 1290. The van der Waals surface area contributed by atoms with E-state index in [1.807, 2.05) is 12.1 Å². The number of nitriles is 1. The van der Waals surface area contributed by atoms with Crippen molar-refractivity contribution in [2.45, 2.75) is 50.3 Å². The minimum atomic E-state index is -3.56. The van der Waals surface area contributed by atoms with Gasteiger partial charge in [-0.2, -0.15) is 5.26 Å². The van der Waals surface area contributed by atoms with Crippen molar-refractivity contribution in [3.8, 4) is 6.07 Å². The lowest BCUT2D eigenvalue weighted by Crippen LogP contribution is -2.65. The number of hydrogen-bond donors (Lipinski definition) is 3. The predicted octanol–water partition coefficient (Wildman–Crippen LogP) is 2.82. The number of rotatable bonds is 2. The first kappa shape index (κ1) is 22.0. The van der Waals surface area contributed by atoms with Crippen molar-refractivity contribution in [1.82, 2.24) is 10.3 Å². The first-order chi connectivity index (χ1) is 15.0. The largest absolute Gasteiger partial charge is 0.362 e. The molecule has 0 radical (unpaired) electrons. The summed E-state index contributed by atoms with van der Waals surface area (Å²) in [6.45, 7) is 4.82. The zero-order valence-electron chi connectivity index (χ0n) is 18.2. The van der Waals surface area contributed by atoms with E-state index in [1.165, 1.54) is 6.20 Å². The lowest BCUT2D eigenvalue weighted by atomic mass is 9.76. The van der Waals surface area contributed by atoms with Gasteiger partial charge in [-0.05, 0) is 74.9 Å². The Labute approximate surface area is 187 Å². The van der Waals surface area contributed by atoms with E-state index in [4.69, 9.17) is 10.7 Å². The third kappa shape index (κ3) is 3.45. The zero-order valence-corrected chi connectivity index (χ0v) is 19.1. The number of nitrogens with zero attached hydrogens (tertiary/aromatic N) is 2. The fourth-order valence-electron chi connectivity index (χ4n) is 4.46. The number of pyridine rings is 1. The molecule has 0 unspecified atom stereocenters. The fraction of sp³-hybridized carbons (Fsp3) is 0.391. The van der Waals surface area contributed by atoms with E-state index >= 15 is 0 Å². The number of fused-ring (bicyclic) bond motifs is 2. The maximum atomic E-state index is 13.1. The Morgan fingerprint density at radius 2 is 2.06 bits per heavy atom. The van der Waals surface area contributed by atoms with E-state index in [0.717, 1.165) is 24.0 Å². The zero-order chi connectivity index (χ0) is 23.3. The van der Waals surface area contributed by atoms with E-state index in [9.17, 15) is 13.2 Å². The van der Waals surface area contributed by atoms with Gasteiger partial charge in [-0.1, -0.05) is 6.07 Å². The highest BCUT2D eigenvalue weighted by atomic mass is 32.2. The van der Waals surface area contributed by atoms with Crippen LogP contribution in [0, 0.1) is 23.7 Å². The topological polar surface area (TPSA) is 136 Å². The molecule has 1 aliphatic heterocycles. The van der Waals surface area contributed by atoms with Crippen LogP contribution in [0.1, 0.15) is 59.4 Å². The monoisotopic (exact) mass is 451 g/mol. The van der Waals surface area contributed by atoms with Gasteiger partial charge in [0.1, 0.15) is 22.3 Å². The summed E-state index contributed by atoms with van der Waals surface area (Å²) < 4.78 is 24.8. The minimum absolute atomic E-state index is 0.0107. The van der Waals surface area contributed by atoms with Crippen molar-refractivity contribution in [1.29, 1.82) is 10.7 Å². The number of aryl methyl sites for hydroxylation is 2. The number of amidine groups is 1. The highest BCUT2D eigenvalue weighted by Gasteiger charge is 2.53. The molecule has 2 aromatic rings. The summed E-state index contributed by atoms with van der Waals surface area (Å²) in [6, 6.07) is 9.11. The number of aromatic nitrogens is 1. The van der Waals surface area contributed by atoms with E-state index < -0.39 is 26.0 Å². The van der Waals surface area contributed by atoms with Crippen LogP contribution in [0.15, 0.2) is 30.5 Å². The lowest BCUT2D eigenvalue weighted by molar-refractivity contribution is 0.102. The number of benzene rings is 1. The van der Waals surface area contributed by atoms with Crippen LogP contribution in [0.3, 0.4) is 0 Å². The predicted molar refractivity (Wildman–Crippen MR) is 121 cm³/mol. The van der Waals surface area contributed by atoms with E-state index in [2.05, 4.69) is 15.6 Å². The van der Waals surface area contributed by atoms with Crippen LogP contribution in [0.2, 0.25) is 0 Å². The summed E-state index contributed by atoms with van der Waals surface area (Å²) in [6.07, 6.45) is 3.56. The van der Waals surface area contributed by atoms with Crippen LogP contribution in [-0.2, 0) is 21.8 Å². The molecule has 0 bridgehead atoms. The molecule has 166 valence electrons. The molecule has 1 spiro atoms. The molecule has 2 heterocycles. The van der Waals surface area contributed by atoms with Crippen molar-refractivity contribution in [2.24, 2.45) is 0 Å². The second-order valence-electron chi connectivity index (χ2n) is 9.03. The summed E-state index contributed by atoms with van der Waals surface area (Å²) in [5, 5.41) is 23.4. The smallest absolute Gasteiger partial charge is 0.274 e. The van der Waals surface area contributed by atoms with Crippen LogP contribution < -0.4 is 10.6 Å². The van der Waals surface area contributed by atoms with Gasteiger partial charge in [0.05, 0.1) is 16.9 Å². The number of carbonyl (C=O) groups is 1. The Balaban J connectivity index is 1.69. The Morgan fingerprint density at radius 1 is 1.31 bits per heavy atom. The van der Waals surface area contributed by atoms with Crippen molar-refractivity contribution >= 4 is 27.3 Å². The molecule has 1 fully saturated rings. The minimum Gasteiger partial charge on any atom is -0.362 e. The van der Waals surface area contributed by atoms with E-state index in [0.29, 0.717) is 23.2 Å². The first-order valence-electron chi connectivity index (χ1n) is 10.4. The highest BCUT2D eigenvalue weighted by Crippen LogP contribution is 2.42. The van der Waals surface area contributed by atoms with Gasteiger partial charge in [0, 0.05) is 11.9 Å². The number of anilines is 1. The standard InChI is InChI=1S/C23H25N5O3S/c1-14-9-15(11-24)12-26-19(14)20(29)27-17-7-6-16-5-4-8-23(18(16)10-17)13-32(30,31)22(2,3)21(25)28-23/h6-7,9-10,12H,4-5,8,13H2,1-3H3,(H2,25,28)(H,27,29)/t23-/m0/s1. The number of sulfone groups is 1. The van der Waals surface area contributed by atoms with Crippen molar-refractivity contribution in [3.63, 3.8) is 0 Å². The number of amides is 1. The highest BCUT2D eigenvalue weighted by molar-refractivity contribution is 7.93. The molecule has 9 heteroatoms. The molecule has 3 N–H and O–H groups in total.